The van der Waals surface area contributed by atoms with Crippen molar-refractivity contribution in [1.29, 1.82) is 0 Å². The third-order valence-electron chi connectivity index (χ3n) is 5.51. The molecule has 148 valence electrons. The molecule has 1 aliphatic carbocycles. The minimum absolute atomic E-state index is 0.203. The lowest BCUT2D eigenvalue weighted by Crippen LogP contribution is -2.26. The maximum absolute atomic E-state index is 10.2. The fraction of sp³-hybridized carbons (Fsp3) is 0.478. The number of phenolic OH excluding ortho intramolecular Hbond substituents is 1. The van der Waals surface area contributed by atoms with Gasteiger partial charge in [0.25, 0.3) is 0 Å². The Morgan fingerprint density at radius 2 is 1.48 bits per heavy atom. The van der Waals surface area contributed by atoms with Crippen molar-refractivity contribution in [1.82, 2.24) is 0 Å². The zero-order valence-corrected chi connectivity index (χ0v) is 17.5. The average molecular weight is 373 g/mol. The standard InChI is InChI=1S/C21H26O4.C2H6/c1-12-8-15-9-17(22)19(24-4)11-16(15)21(13(12)2)14-6-7-18(23-3)20(10-14)25-5;1-2/h6-7,9-13,21-22H,8H2,1-5H3;1-2H3/t12-,13-,21-;/m1./s1. The molecular formula is C23H32O4. The Bertz CT molecular complexity index is 769. The Labute approximate surface area is 163 Å². The highest BCUT2D eigenvalue weighted by molar-refractivity contribution is 5.53. The van der Waals surface area contributed by atoms with Gasteiger partial charge in [0.15, 0.2) is 23.0 Å². The molecule has 0 heterocycles. The summed E-state index contributed by atoms with van der Waals surface area (Å²) in [6.07, 6.45) is 0.956. The number of fused-ring (bicyclic) bond motifs is 1. The quantitative estimate of drug-likeness (QED) is 0.780. The van der Waals surface area contributed by atoms with Crippen LogP contribution in [0.2, 0.25) is 0 Å². The van der Waals surface area contributed by atoms with E-state index in [0.29, 0.717) is 17.6 Å². The molecule has 0 radical (unpaired) electrons. The predicted octanol–water partition coefficient (Wildman–Crippen LogP) is 5.40. The summed E-state index contributed by atoms with van der Waals surface area (Å²) < 4.78 is 16.2. The Morgan fingerprint density at radius 1 is 0.852 bits per heavy atom. The average Bonchev–Trinajstić information content (AvgIpc) is 2.70. The maximum atomic E-state index is 10.2. The highest BCUT2D eigenvalue weighted by Gasteiger charge is 2.34. The summed E-state index contributed by atoms with van der Waals surface area (Å²) >= 11 is 0. The summed E-state index contributed by atoms with van der Waals surface area (Å²) in [5.41, 5.74) is 3.59. The van der Waals surface area contributed by atoms with Crippen LogP contribution < -0.4 is 14.2 Å². The van der Waals surface area contributed by atoms with Gasteiger partial charge < -0.3 is 19.3 Å². The monoisotopic (exact) mass is 372 g/mol. The Hall–Kier alpha value is -2.36. The summed E-state index contributed by atoms with van der Waals surface area (Å²) in [6.45, 7) is 8.55. The number of ether oxygens (including phenoxy) is 3. The molecule has 1 N–H and O–H groups in total. The van der Waals surface area contributed by atoms with Crippen molar-refractivity contribution in [3.05, 3.63) is 47.0 Å². The first-order valence-corrected chi connectivity index (χ1v) is 9.61. The van der Waals surface area contributed by atoms with Crippen LogP contribution in [0.1, 0.15) is 50.3 Å². The van der Waals surface area contributed by atoms with Gasteiger partial charge >= 0.3 is 0 Å². The van der Waals surface area contributed by atoms with Crippen LogP contribution in [0.5, 0.6) is 23.0 Å². The topological polar surface area (TPSA) is 47.9 Å². The second-order valence-electron chi connectivity index (χ2n) is 6.86. The van der Waals surface area contributed by atoms with Crippen molar-refractivity contribution in [2.24, 2.45) is 11.8 Å². The van der Waals surface area contributed by atoms with Crippen molar-refractivity contribution >= 4 is 0 Å². The fourth-order valence-corrected chi connectivity index (χ4v) is 3.93. The molecular weight excluding hydrogens is 340 g/mol. The fourth-order valence-electron chi connectivity index (χ4n) is 3.93. The third-order valence-corrected chi connectivity index (χ3v) is 5.51. The lowest BCUT2D eigenvalue weighted by atomic mass is 9.68. The maximum Gasteiger partial charge on any atom is 0.161 e. The SMILES string of the molecule is CC.COc1cc2c(cc1O)C[C@@H](C)[C@@H](C)[C@@H]2c1ccc(OC)c(OC)c1. The zero-order valence-electron chi connectivity index (χ0n) is 17.5. The van der Waals surface area contributed by atoms with Crippen LogP contribution in [0.4, 0.5) is 0 Å². The molecule has 0 aliphatic heterocycles. The number of hydrogen-bond acceptors (Lipinski definition) is 4. The van der Waals surface area contributed by atoms with Crippen LogP contribution in [0.3, 0.4) is 0 Å². The number of benzene rings is 2. The van der Waals surface area contributed by atoms with Crippen molar-refractivity contribution in [2.75, 3.05) is 21.3 Å². The first kappa shape index (κ1) is 20.9. The van der Waals surface area contributed by atoms with Gasteiger partial charge in [-0.15, -0.1) is 0 Å². The molecule has 0 bridgehead atoms. The Morgan fingerprint density at radius 3 is 2.07 bits per heavy atom. The second-order valence-corrected chi connectivity index (χ2v) is 6.86. The molecule has 1 aliphatic rings. The lowest BCUT2D eigenvalue weighted by molar-refractivity contribution is 0.318. The van der Waals surface area contributed by atoms with Gasteiger partial charge in [0.1, 0.15) is 0 Å². The highest BCUT2D eigenvalue weighted by atomic mass is 16.5. The van der Waals surface area contributed by atoms with Crippen LogP contribution in [-0.4, -0.2) is 26.4 Å². The predicted molar refractivity (Wildman–Crippen MR) is 109 cm³/mol. The number of aromatic hydroxyl groups is 1. The van der Waals surface area contributed by atoms with Gasteiger partial charge in [0.05, 0.1) is 21.3 Å². The van der Waals surface area contributed by atoms with Crippen LogP contribution in [0.15, 0.2) is 30.3 Å². The van der Waals surface area contributed by atoms with Crippen LogP contribution in [0, 0.1) is 11.8 Å². The summed E-state index contributed by atoms with van der Waals surface area (Å²) in [6, 6.07) is 9.95. The molecule has 3 atom stereocenters. The van der Waals surface area contributed by atoms with E-state index in [9.17, 15) is 5.11 Å². The van der Waals surface area contributed by atoms with Crippen LogP contribution >= 0.6 is 0 Å². The number of phenols is 1. The van der Waals surface area contributed by atoms with Crippen LogP contribution in [0.25, 0.3) is 0 Å². The number of rotatable bonds is 4. The van der Waals surface area contributed by atoms with Gasteiger partial charge in [-0.3, -0.25) is 0 Å². The molecule has 2 aromatic carbocycles. The van der Waals surface area contributed by atoms with Gasteiger partial charge in [-0.2, -0.15) is 0 Å². The Kier molecular flexibility index (Phi) is 7.00. The van der Waals surface area contributed by atoms with E-state index >= 15 is 0 Å². The smallest absolute Gasteiger partial charge is 0.161 e. The van der Waals surface area contributed by atoms with Crippen molar-refractivity contribution < 1.29 is 19.3 Å². The van der Waals surface area contributed by atoms with Gasteiger partial charge in [-0.05, 0) is 59.2 Å². The molecule has 0 unspecified atom stereocenters. The van der Waals surface area contributed by atoms with E-state index in [1.807, 2.05) is 32.0 Å². The molecule has 0 saturated carbocycles. The van der Waals surface area contributed by atoms with E-state index in [4.69, 9.17) is 14.2 Å². The van der Waals surface area contributed by atoms with Crippen molar-refractivity contribution in [3.8, 4) is 23.0 Å². The molecule has 0 aromatic heterocycles. The summed E-state index contributed by atoms with van der Waals surface area (Å²) in [4.78, 5) is 0. The first-order chi connectivity index (χ1) is 13.0. The van der Waals surface area contributed by atoms with E-state index in [1.165, 1.54) is 16.7 Å². The van der Waals surface area contributed by atoms with Gasteiger partial charge in [-0.25, -0.2) is 0 Å². The molecule has 27 heavy (non-hydrogen) atoms. The zero-order chi connectivity index (χ0) is 20.1. The minimum Gasteiger partial charge on any atom is -0.504 e. The molecule has 2 aromatic rings. The summed E-state index contributed by atoms with van der Waals surface area (Å²) in [5, 5.41) is 10.2. The Balaban J connectivity index is 0.00000126. The summed E-state index contributed by atoms with van der Waals surface area (Å²) in [5.74, 6) is 3.37. The highest BCUT2D eigenvalue weighted by Crippen LogP contribution is 2.47. The van der Waals surface area contributed by atoms with E-state index in [-0.39, 0.29) is 11.7 Å². The van der Waals surface area contributed by atoms with Crippen molar-refractivity contribution in [2.45, 2.75) is 40.0 Å². The van der Waals surface area contributed by atoms with Crippen LogP contribution in [-0.2, 0) is 6.42 Å². The van der Waals surface area contributed by atoms with E-state index in [0.717, 1.165) is 17.9 Å². The number of hydrogen-bond donors (Lipinski definition) is 1. The molecule has 0 fully saturated rings. The molecule has 0 saturated heterocycles. The molecule has 4 nitrogen and oxygen atoms in total. The van der Waals surface area contributed by atoms with Gasteiger partial charge in [-0.1, -0.05) is 33.8 Å². The first-order valence-electron chi connectivity index (χ1n) is 9.61. The normalized spacial score (nSPS) is 20.8. The minimum atomic E-state index is 0.203. The summed E-state index contributed by atoms with van der Waals surface area (Å²) in [7, 11) is 4.89. The van der Waals surface area contributed by atoms with Gasteiger partial charge in [0.2, 0.25) is 0 Å². The lowest BCUT2D eigenvalue weighted by Gasteiger charge is -2.37. The van der Waals surface area contributed by atoms with Crippen molar-refractivity contribution in [3.63, 3.8) is 0 Å². The molecule has 0 spiro atoms. The molecule has 3 rings (SSSR count). The third kappa shape index (κ3) is 4.00. The van der Waals surface area contributed by atoms with E-state index in [2.05, 4.69) is 26.0 Å². The van der Waals surface area contributed by atoms with E-state index in [1.54, 1.807) is 21.3 Å². The number of methoxy groups -OCH3 is 3. The molecule has 0 amide bonds. The van der Waals surface area contributed by atoms with E-state index < -0.39 is 0 Å². The largest absolute Gasteiger partial charge is 0.504 e. The second kappa shape index (κ2) is 9.03. The molecule has 4 heteroatoms. The van der Waals surface area contributed by atoms with Gasteiger partial charge in [0, 0.05) is 5.92 Å².